The van der Waals surface area contributed by atoms with E-state index in [1.165, 1.54) is 6.08 Å². The van der Waals surface area contributed by atoms with Gasteiger partial charge >= 0.3 is 0 Å². The summed E-state index contributed by atoms with van der Waals surface area (Å²) in [6.07, 6.45) is 2.52. The van der Waals surface area contributed by atoms with E-state index in [4.69, 9.17) is 14.2 Å². The first-order chi connectivity index (χ1) is 13.0. The first-order valence-electron chi connectivity index (χ1n) is 8.32. The van der Waals surface area contributed by atoms with E-state index in [1.807, 2.05) is 0 Å². The minimum absolute atomic E-state index is 0.224. The number of methoxy groups -OCH3 is 2. The smallest absolute Gasteiger partial charge is 0.265 e. The van der Waals surface area contributed by atoms with Gasteiger partial charge in [-0.05, 0) is 48.9 Å². The molecule has 0 fully saturated rings. The van der Waals surface area contributed by atoms with Crippen LogP contribution in [0.1, 0.15) is 12.5 Å². The van der Waals surface area contributed by atoms with Crippen LogP contribution in [0, 0.1) is 0 Å². The second kappa shape index (κ2) is 7.82. The van der Waals surface area contributed by atoms with Crippen molar-refractivity contribution in [1.82, 2.24) is 0 Å². The Labute approximate surface area is 156 Å². The zero-order chi connectivity index (χ0) is 19.4. The number of ether oxygens (including phenoxy) is 3. The van der Waals surface area contributed by atoms with Gasteiger partial charge in [0.15, 0.2) is 6.10 Å². The van der Waals surface area contributed by atoms with Gasteiger partial charge in [-0.2, -0.15) is 0 Å². The van der Waals surface area contributed by atoms with Gasteiger partial charge < -0.3 is 24.8 Å². The molecule has 0 aliphatic carbocycles. The molecule has 1 aliphatic heterocycles. The third-order valence-electron chi connectivity index (χ3n) is 3.98. The van der Waals surface area contributed by atoms with Gasteiger partial charge in [-0.3, -0.25) is 9.59 Å². The second-order valence-electron chi connectivity index (χ2n) is 5.93. The lowest BCUT2D eigenvalue weighted by Gasteiger charge is -2.23. The van der Waals surface area contributed by atoms with E-state index in [0.717, 1.165) is 5.56 Å². The Kier molecular flexibility index (Phi) is 5.30. The highest BCUT2D eigenvalue weighted by Gasteiger charge is 2.23. The van der Waals surface area contributed by atoms with E-state index in [9.17, 15) is 9.59 Å². The van der Waals surface area contributed by atoms with Crippen molar-refractivity contribution < 1.29 is 23.8 Å². The van der Waals surface area contributed by atoms with Crippen molar-refractivity contribution >= 4 is 29.3 Å². The van der Waals surface area contributed by atoms with E-state index in [2.05, 4.69) is 10.6 Å². The molecule has 0 radical (unpaired) electrons. The summed E-state index contributed by atoms with van der Waals surface area (Å²) in [5.74, 6) is 1.30. The van der Waals surface area contributed by atoms with Crippen LogP contribution in [0.25, 0.3) is 6.08 Å². The quantitative estimate of drug-likeness (QED) is 0.792. The number of fused-ring (bicyclic) bond motifs is 1. The van der Waals surface area contributed by atoms with Gasteiger partial charge in [0.25, 0.3) is 5.91 Å². The lowest BCUT2D eigenvalue weighted by Crippen LogP contribution is -2.34. The summed E-state index contributed by atoms with van der Waals surface area (Å²) in [4.78, 5) is 23.9. The average molecular weight is 368 g/mol. The highest BCUT2D eigenvalue weighted by atomic mass is 16.5. The molecular formula is C20H20N2O5. The fourth-order valence-corrected chi connectivity index (χ4v) is 2.57. The number of rotatable bonds is 5. The largest absolute Gasteiger partial charge is 0.497 e. The van der Waals surface area contributed by atoms with E-state index < -0.39 is 6.10 Å². The minimum atomic E-state index is -0.541. The van der Waals surface area contributed by atoms with Crippen molar-refractivity contribution in [3.05, 3.63) is 48.0 Å². The topological polar surface area (TPSA) is 85.9 Å². The van der Waals surface area contributed by atoms with E-state index in [-0.39, 0.29) is 11.8 Å². The van der Waals surface area contributed by atoms with Crippen molar-refractivity contribution in [2.24, 2.45) is 0 Å². The molecule has 1 aliphatic rings. The Morgan fingerprint density at radius 1 is 1.15 bits per heavy atom. The lowest BCUT2D eigenvalue weighted by atomic mass is 10.2. The Balaban J connectivity index is 1.70. The molecule has 0 saturated carbocycles. The predicted molar refractivity (Wildman–Crippen MR) is 102 cm³/mol. The van der Waals surface area contributed by atoms with Gasteiger partial charge in [0, 0.05) is 17.8 Å². The van der Waals surface area contributed by atoms with Crippen LogP contribution in [0.15, 0.2) is 42.5 Å². The van der Waals surface area contributed by atoms with Crippen molar-refractivity contribution in [2.75, 3.05) is 24.9 Å². The fourth-order valence-electron chi connectivity index (χ4n) is 2.57. The van der Waals surface area contributed by atoms with Crippen molar-refractivity contribution in [3.8, 4) is 17.2 Å². The van der Waals surface area contributed by atoms with E-state index in [0.29, 0.717) is 28.6 Å². The molecule has 1 atom stereocenters. The van der Waals surface area contributed by atoms with Gasteiger partial charge in [-0.15, -0.1) is 0 Å². The van der Waals surface area contributed by atoms with Gasteiger partial charge in [0.05, 0.1) is 19.9 Å². The van der Waals surface area contributed by atoms with Crippen LogP contribution in [-0.4, -0.2) is 32.1 Å². The molecule has 3 rings (SSSR count). The maximum absolute atomic E-state index is 12.2. The number of anilines is 2. The highest BCUT2D eigenvalue weighted by molar-refractivity contribution is 6.03. The number of hydrogen-bond acceptors (Lipinski definition) is 5. The molecule has 0 aromatic heterocycles. The SMILES string of the molecule is COc1cc(C=CC(=O)Nc2ccc3c(c2)NC(=O)C(C)O3)cc(OC)c1. The standard InChI is InChI=1S/C20H20N2O5/c1-12-20(24)22-17-10-14(5-6-18(17)27-12)21-19(23)7-4-13-8-15(25-2)11-16(9-13)26-3/h4-12H,1-3H3,(H,21,23)(H,22,24). The summed E-state index contributed by atoms with van der Waals surface area (Å²) < 4.78 is 15.9. The summed E-state index contributed by atoms with van der Waals surface area (Å²) in [5, 5.41) is 5.50. The normalized spacial score (nSPS) is 15.5. The molecule has 7 heteroatoms. The highest BCUT2D eigenvalue weighted by Crippen LogP contribution is 2.32. The van der Waals surface area contributed by atoms with Gasteiger partial charge in [0.1, 0.15) is 17.2 Å². The number of carbonyl (C=O) groups is 2. The number of benzene rings is 2. The maximum atomic E-state index is 12.2. The van der Waals surface area contributed by atoms with Crippen LogP contribution >= 0.6 is 0 Å². The van der Waals surface area contributed by atoms with Gasteiger partial charge in [0.2, 0.25) is 5.91 Å². The molecule has 27 heavy (non-hydrogen) atoms. The molecular weight excluding hydrogens is 348 g/mol. The van der Waals surface area contributed by atoms with Gasteiger partial charge in [-0.25, -0.2) is 0 Å². The summed E-state index contributed by atoms with van der Waals surface area (Å²) in [7, 11) is 3.13. The molecule has 0 saturated heterocycles. The predicted octanol–water partition coefficient (Wildman–Crippen LogP) is 3.08. The summed E-state index contributed by atoms with van der Waals surface area (Å²) in [6.45, 7) is 1.67. The number of hydrogen-bond donors (Lipinski definition) is 2. The van der Waals surface area contributed by atoms with Crippen LogP contribution in [0.5, 0.6) is 17.2 Å². The van der Waals surface area contributed by atoms with E-state index >= 15 is 0 Å². The Bertz CT molecular complexity index is 885. The third-order valence-corrected chi connectivity index (χ3v) is 3.98. The minimum Gasteiger partial charge on any atom is -0.497 e. The first-order valence-corrected chi connectivity index (χ1v) is 8.32. The number of amides is 2. The molecule has 0 spiro atoms. The van der Waals surface area contributed by atoms with Crippen LogP contribution in [-0.2, 0) is 9.59 Å². The summed E-state index contributed by atoms with van der Waals surface area (Å²) in [6, 6.07) is 10.4. The lowest BCUT2D eigenvalue weighted by molar-refractivity contribution is -0.122. The molecule has 140 valence electrons. The van der Waals surface area contributed by atoms with Crippen LogP contribution < -0.4 is 24.8 Å². The Morgan fingerprint density at radius 3 is 2.52 bits per heavy atom. The zero-order valence-corrected chi connectivity index (χ0v) is 15.2. The van der Waals surface area contributed by atoms with Gasteiger partial charge in [-0.1, -0.05) is 0 Å². The molecule has 7 nitrogen and oxygen atoms in total. The Morgan fingerprint density at radius 2 is 1.85 bits per heavy atom. The van der Waals surface area contributed by atoms with Crippen LogP contribution in [0.4, 0.5) is 11.4 Å². The molecule has 1 heterocycles. The third kappa shape index (κ3) is 4.38. The van der Waals surface area contributed by atoms with Crippen LogP contribution in [0.2, 0.25) is 0 Å². The van der Waals surface area contributed by atoms with Crippen molar-refractivity contribution in [3.63, 3.8) is 0 Å². The maximum Gasteiger partial charge on any atom is 0.265 e. The zero-order valence-electron chi connectivity index (χ0n) is 15.2. The molecule has 2 aromatic carbocycles. The van der Waals surface area contributed by atoms with E-state index in [1.54, 1.807) is 63.6 Å². The average Bonchev–Trinajstić information content (AvgIpc) is 2.67. The summed E-state index contributed by atoms with van der Waals surface area (Å²) in [5.41, 5.74) is 1.84. The number of carbonyl (C=O) groups excluding carboxylic acids is 2. The number of nitrogens with one attached hydrogen (secondary N) is 2. The van der Waals surface area contributed by atoms with Crippen molar-refractivity contribution in [2.45, 2.75) is 13.0 Å². The Hall–Kier alpha value is -3.48. The molecule has 1 unspecified atom stereocenters. The molecule has 0 bridgehead atoms. The summed E-state index contributed by atoms with van der Waals surface area (Å²) >= 11 is 0. The monoisotopic (exact) mass is 368 g/mol. The molecule has 2 aromatic rings. The second-order valence-corrected chi connectivity index (χ2v) is 5.93. The molecule has 2 N–H and O–H groups in total. The first kappa shape index (κ1) is 18.3. The fraction of sp³-hybridized carbons (Fsp3) is 0.200. The van der Waals surface area contributed by atoms with Crippen LogP contribution in [0.3, 0.4) is 0 Å². The molecule has 2 amide bonds. The van der Waals surface area contributed by atoms with Crippen molar-refractivity contribution in [1.29, 1.82) is 0 Å².